The van der Waals surface area contributed by atoms with Gasteiger partial charge < -0.3 is 15.8 Å². The highest BCUT2D eigenvalue weighted by atomic mass is 19.4. The van der Waals surface area contributed by atoms with E-state index in [2.05, 4.69) is 15.0 Å². The number of ether oxygens (including phenoxy) is 1. The normalized spacial score (nSPS) is 11.1. The SMILES string of the molecule is Nc1cccc(Nc2ccc(OC(F)(F)F)cc2)n1. The number of aromatic nitrogens is 1. The molecule has 100 valence electrons. The lowest BCUT2D eigenvalue weighted by Gasteiger charge is -2.10. The second-order valence-corrected chi connectivity index (χ2v) is 3.64. The van der Waals surface area contributed by atoms with Gasteiger partial charge in [0.25, 0.3) is 0 Å². The molecule has 0 aliphatic heterocycles. The number of rotatable bonds is 3. The molecular weight excluding hydrogens is 259 g/mol. The maximum absolute atomic E-state index is 12.0. The fourth-order valence-electron chi connectivity index (χ4n) is 1.41. The van der Waals surface area contributed by atoms with Crippen LogP contribution in [0.4, 0.5) is 30.5 Å². The summed E-state index contributed by atoms with van der Waals surface area (Å²) >= 11 is 0. The molecule has 1 aromatic heterocycles. The van der Waals surface area contributed by atoms with Gasteiger partial charge in [0.2, 0.25) is 0 Å². The standard InChI is InChI=1S/C12H10F3N3O/c13-12(14,15)19-9-6-4-8(5-7-9)17-11-3-1-2-10(16)18-11/h1-7H,(H3,16,17,18). The first-order valence-corrected chi connectivity index (χ1v) is 5.28. The molecule has 2 rings (SSSR count). The van der Waals surface area contributed by atoms with E-state index in [0.717, 1.165) is 0 Å². The number of nitrogen functional groups attached to an aromatic ring is 1. The molecule has 1 heterocycles. The number of halogens is 3. The molecular formula is C12H10F3N3O. The summed E-state index contributed by atoms with van der Waals surface area (Å²) in [4.78, 5) is 4.01. The van der Waals surface area contributed by atoms with Gasteiger partial charge in [-0.15, -0.1) is 13.2 Å². The van der Waals surface area contributed by atoms with Gasteiger partial charge in [-0.3, -0.25) is 0 Å². The minimum Gasteiger partial charge on any atom is -0.406 e. The van der Waals surface area contributed by atoms with Crippen molar-refractivity contribution in [3.8, 4) is 5.75 Å². The highest BCUT2D eigenvalue weighted by molar-refractivity contribution is 5.58. The molecule has 2 aromatic rings. The predicted molar refractivity (Wildman–Crippen MR) is 65.1 cm³/mol. The Balaban J connectivity index is 2.07. The third-order valence-corrected chi connectivity index (χ3v) is 2.13. The fraction of sp³-hybridized carbons (Fsp3) is 0.0833. The summed E-state index contributed by atoms with van der Waals surface area (Å²) in [7, 11) is 0. The van der Waals surface area contributed by atoms with Crippen LogP contribution in [0.3, 0.4) is 0 Å². The summed E-state index contributed by atoms with van der Waals surface area (Å²) < 4.78 is 39.7. The first kappa shape index (κ1) is 13.0. The number of nitrogens with one attached hydrogen (secondary N) is 1. The lowest BCUT2D eigenvalue weighted by molar-refractivity contribution is -0.274. The number of anilines is 3. The first-order valence-electron chi connectivity index (χ1n) is 5.28. The number of benzene rings is 1. The van der Waals surface area contributed by atoms with E-state index >= 15 is 0 Å². The number of hydrogen-bond donors (Lipinski definition) is 2. The van der Waals surface area contributed by atoms with E-state index in [9.17, 15) is 13.2 Å². The highest BCUT2D eigenvalue weighted by Crippen LogP contribution is 2.25. The maximum Gasteiger partial charge on any atom is 0.573 e. The maximum atomic E-state index is 12.0. The minimum absolute atomic E-state index is 0.279. The van der Waals surface area contributed by atoms with Crippen molar-refractivity contribution >= 4 is 17.3 Å². The molecule has 0 radical (unpaired) electrons. The summed E-state index contributed by atoms with van der Waals surface area (Å²) in [6.45, 7) is 0. The zero-order valence-corrected chi connectivity index (χ0v) is 9.61. The lowest BCUT2D eigenvalue weighted by atomic mass is 10.3. The summed E-state index contributed by atoms with van der Waals surface area (Å²) in [6.07, 6.45) is -4.69. The summed E-state index contributed by atoms with van der Waals surface area (Å²) in [5.41, 5.74) is 6.09. The summed E-state index contributed by atoms with van der Waals surface area (Å²) in [5.74, 6) is 0.574. The van der Waals surface area contributed by atoms with Gasteiger partial charge in [0, 0.05) is 5.69 Å². The Hall–Kier alpha value is -2.44. The molecule has 0 atom stereocenters. The van der Waals surface area contributed by atoms with Crippen LogP contribution >= 0.6 is 0 Å². The van der Waals surface area contributed by atoms with Crippen LogP contribution in [0.1, 0.15) is 0 Å². The first-order chi connectivity index (χ1) is 8.92. The Labute approximate surface area is 107 Å². The van der Waals surface area contributed by atoms with E-state index in [0.29, 0.717) is 17.3 Å². The zero-order valence-electron chi connectivity index (χ0n) is 9.61. The smallest absolute Gasteiger partial charge is 0.406 e. The van der Waals surface area contributed by atoms with E-state index in [4.69, 9.17) is 5.73 Å². The molecule has 4 nitrogen and oxygen atoms in total. The van der Waals surface area contributed by atoms with Crippen LogP contribution in [-0.2, 0) is 0 Å². The molecule has 0 spiro atoms. The molecule has 0 bridgehead atoms. The number of alkyl halides is 3. The van der Waals surface area contributed by atoms with Crippen molar-refractivity contribution in [3.63, 3.8) is 0 Å². The Kier molecular flexibility index (Phi) is 3.46. The topological polar surface area (TPSA) is 60.2 Å². The van der Waals surface area contributed by atoms with Gasteiger partial charge >= 0.3 is 6.36 Å². The van der Waals surface area contributed by atoms with Gasteiger partial charge in [-0.1, -0.05) is 6.07 Å². The second-order valence-electron chi connectivity index (χ2n) is 3.64. The average Bonchev–Trinajstić information content (AvgIpc) is 2.30. The van der Waals surface area contributed by atoms with Gasteiger partial charge in [0.15, 0.2) is 0 Å². The molecule has 0 unspecified atom stereocenters. The average molecular weight is 269 g/mol. The number of nitrogens with two attached hydrogens (primary N) is 1. The van der Waals surface area contributed by atoms with Crippen LogP contribution in [-0.4, -0.2) is 11.3 Å². The quantitative estimate of drug-likeness (QED) is 0.897. The van der Waals surface area contributed by atoms with Crippen LogP contribution in [0, 0.1) is 0 Å². The monoisotopic (exact) mass is 269 g/mol. The molecule has 0 aliphatic carbocycles. The van der Waals surface area contributed by atoms with Crippen LogP contribution in [0.25, 0.3) is 0 Å². The van der Waals surface area contributed by atoms with E-state index in [-0.39, 0.29) is 5.75 Å². The highest BCUT2D eigenvalue weighted by Gasteiger charge is 2.30. The van der Waals surface area contributed by atoms with E-state index in [1.165, 1.54) is 24.3 Å². The number of nitrogens with zero attached hydrogens (tertiary/aromatic N) is 1. The molecule has 0 saturated carbocycles. The zero-order chi connectivity index (χ0) is 13.9. The molecule has 7 heteroatoms. The fourth-order valence-corrected chi connectivity index (χ4v) is 1.41. The van der Waals surface area contributed by atoms with Gasteiger partial charge in [-0.2, -0.15) is 0 Å². The van der Waals surface area contributed by atoms with Crippen LogP contribution < -0.4 is 15.8 Å². The molecule has 0 saturated heterocycles. The second kappa shape index (κ2) is 5.05. The molecule has 1 aromatic carbocycles. The van der Waals surface area contributed by atoms with Crippen molar-refractivity contribution in [2.45, 2.75) is 6.36 Å². The van der Waals surface area contributed by atoms with Crippen molar-refractivity contribution in [1.29, 1.82) is 0 Å². The Morgan fingerprint density at radius 3 is 2.32 bits per heavy atom. The van der Waals surface area contributed by atoms with Gasteiger partial charge in [-0.05, 0) is 36.4 Å². The molecule has 0 aliphatic rings. The van der Waals surface area contributed by atoms with Crippen LogP contribution in [0.2, 0.25) is 0 Å². The largest absolute Gasteiger partial charge is 0.573 e. The minimum atomic E-state index is -4.69. The Morgan fingerprint density at radius 1 is 1.05 bits per heavy atom. The molecule has 0 fully saturated rings. The van der Waals surface area contributed by atoms with E-state index in [1.807, 2.05) is 0 Å². The van der Waals surface area contributed by atoms with Crippen molar-refractivity contribution < 1.29 is 17.9 Å². The summed E-state index contributed by atoms with van der Waals surface area (Å²) in [6, 6.07) is 10.4. The van der Waals surface area contributed by atoms with Gasteiger partial charge in [0.1, 0.15) is 17.4 Å². The third-order valence-electron chi connectivity index (χ3n) is 2.13. The Morgan fingerprint density at radius 2 is 1.74 bits per heavy atom. The number of hydrogen-bond acceptors (Lipinski definition) is 4. The van der Waals surface area contributed by atoms with Crippen molar-refractivity contribution in [2.75, 3.05) is 11.1 Å². The molecule has 3 N–H and O–H groups in total. The van der Waals surface area contributed by atoms with E-state index in [1.54, 1.807) is 18.2 Å². The lowest BCUT2D eigenvalue weighted by Crippen LogP contribution is -2.16. The predicted octanol–water partition coefficient (Wildman–Crippen LogP) is 3.31. The van der Waals surface area contributed by atoms with E-state index < -0.39 is 6.36 Å². The number of pyridine rings is 1. The van der Waals surface area contributed by atoms with Crippen LogP contribution in [0.15, 0.2) is 42.5 Å². The van der Waals surface area contributed by atoms with Crippen molar-refractivity contribution in [3.05, 3.63) is 42.5 Å². The third kappa shape index (κ3) is 4.06. The Bertz CT molecular complexity index is 555. The van der Waals surface area contributed by atoms with Gasteiger partial charge in [-0.25, -0.2) is 4.98 Å². The molecule has 19 heavy (non-hydrogen) atoms. The van der Waals surface area contributed by atoms with Crippen LogP contribution in [0.5, 0.6) is 5.75 Å². The summed E-state index contributed by atoms with van der Waals surface area (Å²) in [5, 5.41) is 2.91. The van der Waals surface area contributed by atoms with Crippen molar-refractivity contribution in [2.24, 2.45) is 0 Å². The van der Waals surface area contributed by atoms with Crippen molar-refractivity contribution in [1.82, 2.24) is 4.98 Å². The molecule has 0 amide bonds. The van der Waals surface area contributed by atoms with Gasteiger partial charge in [0.05, 0.1) is 0 Å².